The third kappa shape index (κ3) is 2.92. The normalized spacial score (nSPS) is 13.1. The molecule has 0 radical (unpaired) electrons. The summed E-state index contributed by atoms with van der Waals surface area (Å²) in [6, 6.07) is 6.26. The Kier molecular flexibility index (Phi) is 4.70. The van der Waals surface area contributed by atoms with E-state index in [0.717, 1.165) is 17.5 Å². The lowest BCUT2D eigenvalue weighted by Crippen LogP contribution is -2.27. The third-order valence-electron chi connectivity index (χ3n) is 3.95. The van der Waals surface area contributed by atoms with E-state index in [1.807, 2.05) is 11.9 Å². The monoisotopic (exact) mass is 364 g/mol. The number of anilines is 1. The Bertz CT molecular complexity index is 1030. The Balaban J connectivity index is 0.000000613. The molecule has 6 nitrogen and oxygen atoms in total. The predicted molar refractivity (Wildman–Crippen MR) is 90.9 cm³/mol. The second kappa shape index (κ2) is 6.95. The van der Waals surface area contributed by atoms with Crippen LogP contribution in [0.1, 0.15) is 0 Å². The van der Waals surface area contributed by atoms with Gasteiger partial charge in [-0.15, -0.1) is 0 Å². The number of rotatable bonds is 1. The lowest BCUT2D eigenvalue weighted by Gasteiger charge is -2.30. The van der Waals surface area contributed by atoms with Gasteiger partial charge >= 0.3 is 0 Å². The van der Waals surface area contributed by atoms with E-state index in [9.17, 15) is 18.0 Å². The smallest absolute Gasteiger partial charge is 0.262 e. The molecule has 2 aromatic heterocycles. The molecule has 9 heteroatoms. The summed E-state index contributed by atoms with van der Waals surface area (Å²) in [5, 5.41) is 0. The van der Waals surface area contributed by atoms with E-state index < -0.39 is 18.4 Å². The van der Waals surface area contributed by atoms with Crippen LogP contribution in [0, 0.1) is 5.95 Å². The van der Waals surface area contributed by atoms with Crippen LogP contribution in [0.5, 0.6) is 5.75 Å². The largest absolute Gasteiger partial charge is 0.485 e. The maximum Gasteiger partial charge on any atom is 0.262 e. The highest BCUT2D eigenvalue weighted by Crippen LogP contribution is 2.35. The molecule has 0 amide bonds. The molecule has 26 heavy (non-hydrogen) atoms. The van der Waals surface area contributed by atoms with Crippen molar-refractivity contribution in [3.05, 3.63) is 65.2 Å². The first-order valence-corrected chi connectivity index (χ1v) is 7.53. The summed E-state index contributed by atoms with van der Waals surface area (Å²) in [5.41, 5.74) is 1.70. The Hall–Kier alpha value is -3.23. The number of ether oxygens (including phenoxy) is 1. The van der Waals surface area contributed by atoms with Gasteiger partial charge in [-0.1, -0.05) is 6.58 Å². The second-order valence-electron chi connectivity index (χ2n) is 5.40. The Labute approximate surface area is 146 Å². The molecule has 136 valence electrons. The Morgan fingerprint density at radius 1 is 1.31 bits per heavy atom. The summed E-state index contributed by atoms with van der Waals surface area (Å²) in [4.78, 5) is 18.3. The molecule has 0 saturated carbocycles. The standard InChI is InChI=1S/C16H13FN4O2.CH2F2/c1-10-9-23-13-4-3-11(7-12(13)19(10)2)21-15(22)8-14(17)20-6-5-18-16(20)21;2-1-3/h3-8H,1,9H2,2H3;1H2. The van der Waals surface area contributed by atoms with Crippen LogP contribution in [-0.2, 0) is 0 Å². The molecule has 0 N–H and O–H groups in total. The fourth-order valence-electron chi connectivity index (χ4n) is 2.66. The molecule has 3 aromatic rings. The highest BCUT2D eigenvalue weighted by atomic mass is 19.3. The van der Waals surface area contributed by atoms with E-state index in [-0.39, 0.29) is 5.78 Å². The van der Waals surface area contributed by atoms with Gasteiger partial charge in [-0.2, -0.15) is 4.39 Å². The first-order valence-electron chi connectivity index (χ1n) is 7.53. The summed E-state index contributed by atoms with van der Waals surface area (Å²) >= 11 is 0. The lowest BCUT2D eigenvalue weighted by molar-refractivity contribution is 0.295. The SMILES string of the molecule is C=C1COc2ccc(-n3c(=O)cc(F)n4ccnc34)cc2N1C.FCF. The molecule has 0 saturated heterocycles. The van der Waals surface area contributed by atoms with Crippen LogP contribution in [0.15, 0.2) is 53.7 Å². The number of halogens is 3. The second-order valence-corrected chi connectivity index (χ2v) is 5.40. The predicted octanol–water partition coefficient (Wildman–Crippen LogP) is 2.85. The number of nitrogens with zero attached hydrogens (tertiary/aromatic N) is 4. The van der Waals surface area contributed by atoms with Gasteiger partial charge in [0, 0.05) is 25.1 Å². The molecule has 0 bridgehead atoms. The summed E-state index contributed by atoms with van der Waals surface area (Å²) in [6.45, 7) is 2.60. The van der Waals surface area contributed by atoms with Crippen LogP contribution in [0.3, 0.4) is 0 Å². The molecular weight excluding hydrogens is 349 g/mol. The van der Waals surface area contributed by atoms with E-state index in [1.165, 1.54) is 21.4 Å². The van der Waals surface area contributed by atoms with Crippen molar-refractivity contribution in [3.8, 4) is 11.4 Å². The highest BCUT2D eigenvalue weighted by Gasteiger charge is 2.20. The summed E-state index contributed by atoms with van der Waals surface area (Å²) in [6.07, 6.45) is 2.92. The van der Waals surface area contributed by atoms with Crippen LogP contribution in [0.4, 0.5) is 18.9 Å². The maximum absolute atomic E-state index is 13.8. The number of likely N-dealkylation sites (N-methyl/N-ethyl adjacent to an activating group) is 1. The minimum Gasteiger partial charge on any atom is -0.485 e. The van der Waals surface area contributed by atoms with Crippen LogP contribution in [-0.4, -0.2) is 34.5 Å². The van der Waals surface area contributed by atoms with E-state index in [4.69, 9.17) is 4.74 Å². The Morgan fingerprint density at radius 2 is 2.04 bits per heavy atom. The zero-order valence-electron chi connectivity index (χ0n) is 13.8. The third-order valence-corrected chi connectivity index (χ3v) is 3.95. The van der Waals surface area contributed by atoms with Crippen molar-refractivity contribution in [2.24, 2.45) is 0 Å². The average Bonchev–Trinajstić information content (AvgIpc) is 3.09. The lowest BCUT2D eigenvalue weighted by atomic mass is 10.2. The molecule has 0 spiro atoms. The minimum atomic E-state index is -1.75. The zero-order chi connectivity index (χ0) is 18.8. The molecule has 3 heterocycles. The quantitative estimate of drug-likeness (QED) is 0.623. The number of hydrogen-bond donors (Lipinski definition) is 0. The van der Waals surface area contributed by atoms with Gasteiger partial charge in [0.15, 0.2) is 0 Å². The van der Waals surface area contributed by atoms with Crippen molar-refractivity contribution in [1.29, 1.82) is 0 Å². The molecular formula is C17H15F3N4O2. The van der Waals surface area contributed by atoms with E-state index in [0.29, 0.717) is 18.0 Å². The summed E-state index contributed by atoms with van der Waals surface area (Å²) in [5.74, 6) is 0.275. The first kappa shape index (κ1) is 17.6. The molecule has 4 rings (SSSR count). The topological polar surface area (TPSA) is 51.8 Å². The van der Waals surface area contributed by atoms with Gasteiger partial charge < -0.3 is 9.64 Å². The molecule has 0 atom stereocenters. The number of alkyl halides is 2. The maximum atomic E-state index is 13.8. The molecule has 1 aliphatic rings. The van der Waals surface area contributed by atoms with Crippen LogP contribution >= 0.6 is 0 Å². The first-order chi connectivity index (χ1) is 12.5. The fourth-order valence-corrected chi connectivity index (χ4v) is 2.66. The van der Waals surface area contributed by atoms with E-state index >= 15 is 0 Å². The number of aromatic nitrogens is 3. The minimum absolute atomic E-state index is 0.216. The number of imidazole rings is 1. The van der Waals surface area contributed by atoms with Crippen LogP contribution in [0.25, 0.3) is 11.5 Å². The number of benzene rings is 1. The van der Waals surface area contributed by atoms with Crippen molar-refractivity contribution in [1.82, 2.24) is 14.0 Å². The average molecular weight is 364 g/mol. The van der Waals surface area contributed by atoms with Crippen LogP contribution < -0.4 is 15.2 Å². The Morgan fingerprint density at radius 3 is 2.77 bits per heavy atom. The number of hydrogen-bond acceptors (Lipinski definition) is 4. The molecule has 1 aliphatic heterocycles. The van der Waals surface area contributed by atoms with Gasteiger partial charge in [-0.25, -0.2) is 18.3 Å². The van der Waals surface area contributed by atoms with Crippen molar-refractivity contribution in [2.75, 3.05) is 25.5 Å². The zero-order valence-corrected chi connectivity index (χ0v) is 13.8. The fraction of sp³-hybridized carbons (Fsp3) is 0.176. The van der Waals surface area contributed by atoms with Crippen molar-refractivity contribution < 1.29 is 17.9 Å². The van der Waals surface area contributed by atoms with Gasteiger partial charge in [0.05, 0.1) is 17.4 Å². The van der Waals surface area contributed by atoms with Gasteiger partial charge in [0.2, 0.25) is 18.7 Å². The van der Waals surface area contributed by atoms with E-state index in [1.54, 1.807) is 18.2 Å². The summed E-state index contributed by atoms with van der Waals surface area (Å²) in [7, 11) is 1.88. The van der Waals surface area contributed by atoms with Crippen LogP contribution in [0.2, 0.25) is 0 Å². The molecule has 0 aliphatic carbocycles. The van der Waals surface area contributed by atoms with Gasteiger partial charge in [-0.3, -0.25) is 9.20 Å². The number of fused-ring (bicyclic) bond motifs is 2. The van der Waals surface area contributed by atoms with Crippen molar-refractivity contribution in [2.45, 2.75) is 0 Å². The van der Waals surface area contributed by atoms with Gasteiger partial charge in [0.25, 0.3) is 5.56 Å². The van der Waals surface area contributed by atoms with Crippen molar-refractivity contribution in [3.63, 3.8) is 0 Å². The molecule has 0 unspecified atom stereocenters. The molecule has 0 fully saturated rings. The van der Waals surface area contributed by atoms with Gasteiger partial charge in [0.1, 0.15) is 12.4 Å². The molecule has 1 aromatic carbocycles. The summed E-state index contributed by atoms with van der Waals surface area (Å²) < 4.78 is 41.3. The van der Waals surface area contributed by atoms with E-state index in [2.05, 4.69) is 11.6 Å². The highest BCUT2D eigenvalue weighted by molar-refractivity contribution is 5.67. The van der Waals surface area contributed by atoms with Crippen molar-refractivity contribution >= 4 is 11.5 Å². The van der Waals surface area contributed by atoms with Gasteiger partial charge in [-0.05, 0) is 18.2 Å².